The summed E-state index contributed by atoms with van der Waals surface area (Å²) < 4.78 is 0. The molecule has 0 aliphatic rings. The summed E-state index contributed by atoms with van der Waals surface area (Å²) in [4.78, 5) is 4.56. The highest BCUT2D eigenvalue weighted by Gasteiger charge is 2.12. The Morgan fingerprint density at radius 1 is 1.16 bits per heavy atom. The Kier molecular flexibility index (Phi) is 4.54. The van der Waals surface area contributed by atoms with Gasteiger partial charge in [0.2, 0.25) is 0 Å². The SMILES string of the molecule is CCNC(CC(C)C)c1ccc2nc(C)ccc2c1. The van der Waals surface area contributed by atoms with Gasteiger partial charge in [0.15, 0.2) is 0 Å². The van der Waals surface area contributed by atoms with Crippen LogP contribution in [0.2, 0.25) is 0 Å². The minimum Gasteiger partial charge on any atom is -0.310 e. The highest BCUT2D eigenvalue weighted by Crippen LogP contribution is 2.24. The van der Waals surface area contributed by atoms with Crippen LogP contribution in [0.5, 0.6) is 0 Å². The molecule has 2 nitrogen and oxygen atoms in total. The Labute approximate surface area is 116 Å². The molecular formula is C17H24N2. The fourth-order valence-electron chi connectivity index (χ4n) is 2.52. The highest BCUT2D eigenvalue weighted by atomic mass is 14.9. The number of aromatic nitrogens is 1. The zero-order valence-electron chi connectivity index (χ0n) is 12.4. The molecule has 0 saturated heterocycles. The maximum Gasteiger partial charge on any atom is 0.0705 e. The van der Waals surface area contributed by atoms with E-state index in [1.165, 1.54) is 17.4 Å². The lowest BCUT2D eigenvalue weighted by Gasteiger charge is -2.20. The monoisotopic (exact) mass is 256 g/mol. The fourth-order valence-corrected chi connectivity index (χ4v) is 2.52. The molecule has 19 heavy (non-hydrogen) atoms. The second kappa shape index (κ2) is 6.16. The minimum absolute atomic E-state index is 0.440. The number of hydrogen-bond acceptors (Lipinski definition) is 2. The maximum atomic E-state index is 4.56. The number of hydrogen-bond donors (Lipinski definition) is 1. The van der Waals surface area contributed by atoms with Crippen molar-refractivity contribution < 1.29 is 0 Å². The van der Waals surface area contributed by atoms with E-state index >= 15 is 0 Å². The molecule has 1 aromatic carbocycles. The van der Waals surface area contributed by atoms with Crippen molar-refractivity contribution in [1.82, 2.24) is 10.3 Å². The average molecular weight is 256 g/mol. The molecular weight excluding hydrogens is 232 g/mol. The molecule has 2 aromatic rings. The normalized spacial score (nSPS) is 13.1. The van der Waals surface area contributed by atoms with Crippen molar-refractivity contribution in [1.29, 1.82) is 0 Å². The van der Waals surface area contributed by atoms with E-state index < -0.39 is 0 Å². The summed E-state index contributed by atoms with van der Waals surface area (Å²) in [5.74, 6) is 0.691. The van der Waals surface area contributed by atoms with Crippen LogP contribution in [0.4, 0.5) is 0 Å². The summed E-state index contributed by atoms with van der Waals surface area (Å²) in [5.41, 5.74) is 3.53. The first-order valence-corrected chi connectivity index (χ1v) is 7.21. The molecule has 0 radical (unpaired) electrons. The van der Waals surface area contributed by atoms with Crippen molar-refractivity contribution >= 4 is 10.9 Å². The first-order valence-electron chi connectivity index (χ1n) is 7.21. The van der Waals surface area contributed by atoms with Gasteiger partial charge in [-0.2, -0.15) is 0 Å². The number of fused-ring (bicyclic) bond motifs is 1. The maximum absolute atomic E-state index is 4.56. The summed E-state index contributed by atoms with van der Waals surface area (Å²) in [5, 5.41) is 4.82. The Balaban J connectivity index is 2.34. The van der Waals surface area contributed by atoms with Crippen LogP contribution in [-0.4, -0.2) is 11.5 Å². The third-order valence-electron chi connectivity index (χ3n) is 3.41. The number of benzene rings is 1. The zero-order valence-corrected chi connectivity index (χ0v) is 12.4. The highest BCUT2D eigenvalue weighted by molar-refractivity contribution is 5.79. The first-order chi connectivity index (χ1) is 9.10. The van der Waals surface area contributed by atoms with Gasteiger partial charge < -0.3 is 5.32 Å². The van der Waals surface area contributed by atoms with Crippen LogP contribution in [0.15, 0.2) is 30.3 Å². The quantitative estimate of drug-likeness (QED) is 0.865. The van der Waals surface area contributed by atoms with Gasteiger partial charge in [-0.15, -0.1) is 0 Å². The van der Waals surface area contributed by atoms with Gasteiger partial charge in [0.1, 0.15) is 0 Å². The summed E-state index contributed by atoms with van der Waals surface area (Å²) in [7, 11) is 0. The molecule has 1 N–H and O–H groups in total. The molecule has 1 aromatic heterocycles. The Morgan fingerprint density at radius 2 is 1.95 bits per heavy atom. The standard InChI is InChI=1S/C17H24N2/c1-5-18-17(10-12(2)3)15-8-9-16-14(11-15)7-6-13(4)19-16/h6-9,11-12,17-18H,5,10H2,1-4H3. The third-order valence-corrected chi connectivity index (χ3v) is 3.41. The van der Waals surface area contributed by atoms with E-state index in [1.54, 1.807) is 0 Å². The fraction of sp³-hybridized carbons (Fsp3) is 0.471. The van der Waals surface area contributed by atoms with Crippen molar-refractivity contribution in [2.24, 2.45) is 5.92 Å². The minimum atomic E-state index is 0.440. The van der Waals surface area contributed by atoms with Gasteiger partial charge in [0.05, 0.1) is 5.52 Å². The van der Waals surface area contributed by atoms with Gasteiger partial charge in [-0.1, -0.05) is 32.9 Å². The largest absolute Gasteiger partial charge is 0.310 e. The van der Waals surface area contributed by atoms with E-state index in [0.29, 0.717) is 12.0 Å². The lowest BCUT2D eigenvalue weighted by Crippen LogP contribution is -2.22. The second-order valence-electron chi connectivity index (χ2n) is 5.64. The van der Waals surface area contributed by atoms with Gasteiger partial charge in [-0.05, 0) is 49.6 Å². The van der Waals surface area contributed by atoms with Crippen LogP contribution < -0.4 is 5.32 Å². The van der Waals surface area contributed by atoms with Crippen molar-refractivity contribution in [2.75, 3.05) is 6.54 Å². The molecule has 1 unspecified atom stereocenters. The number of rotatable bonds is 5. The van der Waals surface area contributed by atoms with Crippen LogP contribution >= 0.6 is 0 Å². The summed E-state index contributed by atoms with van der Waals surface area (Å²) in [6, 6.07) is 11.3. The van der Waals surface area contributed by atoms with Crippen LogP contribution in [0.25, 0.3) is 10.9 Å². The number of nitrogens with one attached hydrogen (secondary N) is 1. The van der Waals surface area contributed by atoms with Crippen molar-refractivity contribution in [2.45, 2.75) is 40.2 Å². The zero-order chi connectivity index (χ0) is 13.8. The Morgan fingerprint density at radius 3 is 2.63 bits per heavy atom. The van der Waals surface area contributed by atoms with Gasteiger partial charge in [0, 0.05) is 17.1 Å². The lowest BCUT2D eigenvalue weighted by molar-refractivity contribution is 0.439. The van der Waals surface area contributed by atoms with Crippen LogP contribution in [0, 0.1) is 12.8 Å². The van der Waals surface area contributed by atoms with Gasteiger partial charge in [-0.3, -0.25) is 4.98 Å². The van der Waals surface area contributed by atoms with Gasteiger partial charge >= 0.3 is 0 Å². The molecule has 0 saturated carbocycles. The van der Waals surface area contributed by atoms with E-state index in [2.05, 4.69) is 61.4 Å². The van der Waals surface area contributed by atoms with E-state index in [4.69, 9.17) is 0 Å². The molecule has 0 bridgehead atoms. The lowest BCUT2D eigenvalue weighted by atomic mass is 9.96. The molecule has 1 atom stereocenters. The van der Waals surface area contributed by atoms with E-state index in [9.17, 15) is 0 Å². The summed E-state index contributed by atoms with van der Waals surface area (Å²) >= 11 is 0. The molecule has 2 rings (SSSR count). The van der Waals surface area contributed by atoms with Crippen molar-refractivity contribution in [3.8, 4) is 0 Å². The molecule has 0 aliphatic heterocycles. The van der Waals surface area contributed by atoms with Crippen LogP contribution in [0.3, 0.4) is 0 Å². The Hall–Kier alpha value is -1.41. The summed E-state index contributed by atoms with van der Waals surface area (Å²) in [6.45, 7) is 9.75. The second-order valence-corrected chi connectivity index (χ2v) is 5.64. The molecule has 2 heteroatoms. The third kappa shape index (κ3) is 3.54. The molecule has 0 aliphatic carbocycles. The molecule has 102 valence electrons. The summed E-state index contributed by atoms with van der Waals surface area (Å²) in [6.07, 6.45) is 1.17. The molecule has 0 spiro atoms. The topological polar surface area (TPSA) is 24.9 Å². The average Bonchev–Trinajstić information content (AvgIpc) is 2.37. The van der Waals surface area contributed by atoms with E-state index in [-0.39, 0.29) is 0 Å². The smallest absolute Gasteiger partial charge is 0.0705 e. The van der Waals surface area contributed by atoms with Crippen LogP contribution in [-0.2, 0) is 0 Å². The number of pyridine rings is 1. The van der Waals surface area contributed by atoms with E-state index in [0.717, 1.165) is 17.8 Å². The van der Waals surface area contributed by atoms with Crippen molar-refractivity contribution in [3.05, 3.63) is 41.6 Å². The first kappa shape index (κ1) is 14.0. The molecule has 0 fully saturated rings. The van der Waals surface area contributed by atoms with Gasteiger partial charge in [-0.25, -0.2) is 0 Å². The Bertz CT molecular complexity index is 546. The molecule has 1 heterocycles. The predicted octanol–water partition coefficient (Wildman–Crippen LogP) is 4.24. The number of nitrogens with zero attached hydrogens (tertiary/aromatic N) is 1. The van der Waals surface area contributed by atoms with Gasteiger partial charge in [0.25, 0.3) is 0 Å². The van der Waals surface area contributed by atoms with Crippen molar-refractivity contribution in [3.63, 3.8) is 0 Å². The predicted molar refractivity (Wildman–Crippen MR) is 82.4 cm³/mol. The molecule has 0 amide bonds. The van der Waals surface area contributed by atoms with E-state index in [1.807, 2.05) is 6.92 Å². The van der Waals surface area contributed by atoms with Crippen LogP contribution in [0.1, 0.15) is 44.5 Å². The number of aryl methyl sites for hydroxylation is 1.